The van der Waals surface area contributed by atoms with Crippen molar-refractivity contribution < 1.29 is 68.7 Å². The number of aliphatic hydroxyl groups is 5. The molecule has 3 aliphatic heterocycles. The quantitative estimate of drug-likeness (QED) is 0.255. The topological polar surface area (TPSA) is 219 Å². The standard InChI is InChI=1S/C37H46O14/c1-16-22(38)7-9-27(48-16)50-25-13-24(47-18(3)31(25)41)19-5-6-20-29(32(19)42)33(43)21-11-12-36(46)15-35(4,45)14-26(40)37(36,30(21)34(20)44)51-28-10-8-23(39)17(2)49-28/h5-6,11-12,16-18,22-25,27-28,31,38-39,41-42,45-46H,7-10,13-15H2,1-4H3/t16-,17-,18+,22-,23-,24+,25+,27-,28-,31+,35-,36-,37-/m0/s1. The van der Waals surface area contributed by atoms with E-state index in [2.05, 4.69) is 0 Å². The lowest BCUT2D eigenvalue weighted by atomic mass is 9.57. The van der Waals surface area contributed by atoms with E-state index in [0.717, 1.165) is 0 Å². The minimum Gasteiger partial charge on any atom is -0.507 e. The van der Waals surface area contributed by atoms with Gasteiger partial charge in [0.1, 0.15) is 17.5 Å². The Kier molecular flexibility index (Phi) is 9.23. The van der Waals surface area contributed by atoms with Crippen LogP contribution in [-0.2, 0) is 28.5 Å². The zero-order valence-corrected chi connectivity index (χ0v) is 29.0. The summed E-state index contributed by atoms with van der Waals surface area (Å²) in [5.74, 6) is -2.97. The van der Waals surface area contributed by atoms with E-state index in [-0.39, 0.29) is 41.5 Å². The number of ether oxygens (including phenoxy) is 5. The van der Waals surface area contributed by atoms with Gasteiger partial charge in [0.2, 0.25) is 0 Å². The number of carbonyl (C=O) groups excluding carboxylic acids is 3. The Morgan fingerprint density at radius 2 is 1.49 bits per heavy atom. The van der Waals surface area contributed by atoms with Crippen molar-refractivity contribution in [1.82, 2.24) is 0 Å². The summed E-state index contributed by atoms with van der Waals surface area (Å²) in [6, 6.07) is 2.78. The van der Waals surface area contributed by atoms with Crippen LogP contribution in [0.1, 0.15) is 105 Å². The van der Waals surface area contributed by atoms with Crippen molar-refractivity contribution >= 4 is 17.3 Å². The van der Waals surface area contributed by atoms with Gasteiger partial charge in [-0.2, -0.15) is 0 Å². The molecule has 0 spiro atoms. The molecule has 4 fully saturated rings. The van der Waals surface area contributed by atoms with Gasteiger partial charge in [0.25, 0.3) is 0 Å². The number of carbonyl (C=O) groups is 3. The number of phenolic OH excluding ortho intramolecular Hbond substituents is 1. The number of benzene rings is 1. The summed E-state index contributed by atoms with van der Waals surface area (Å²) >= 11 is 0. The third-order valence-corrected chi connectivity index (χ3v) is 11.4. The number of phenols is 1. The molecular formula is C37H46O14. The highest BCUT2D eigenvalue weighted by atomic mass is 16.7. The minimum atomic E-state index is -2.44. The molecule has 14 nitrogen and oxygen atoms in total. The third kappa shape index (κ3) is 5.93. The van der Waals surface area contributed by atoms with E-state index in [1.165, 1.54) is 31.2 Å². The van der Waals surface area contributed by atoms with Crippen LogP contribution in [0.15, 0.2) is 35.4 Å². The molecule has 3 saturated heterocycles. The Labute approximate surface area is 294 Å². The molecule has 0 bridgehead atoms. The van der Waals surface area contributed by atoms with E-state index >= 15 is 0 Å². The van der Waals surface area contributed by atoms with Crippen LogP contribution in [-0.4, -0.2) is 120 Å². The summed E-state index contributed by atoms with van der Waals surface area (Å²) in [6.45, 7) is 6.39. The van der Waals surface area contributed by atoms with E-state index in [1.54, 1.807) is 20.8 Å². The van der Waals surface area contributed by atoms with Gasteiger partial charge in [0.15, 0.2) is 35.5 Å². The molecule has 51 heavy (non-hydrogen) atoms. The number of rotatable bonds is 5. The van der Waals surface area contributed by atoms with Crippen molar-refractivity contribution in [3.63, 3.8) is 0 Å². The molecule has 1 aromatic carbocycles. The molecule has 3 aliphatic carbocycles. The molecule has 14 heteroatoms. The number of hydrogen-bond donors (Lipinski definition) is 6. The fourth-order valence-corrected chi connectivity index (χ4v) is 8.60. The maximum absolute atomic E-state index is 14.6. The molecular weight excluding hydrogens is 668 g/mol. The van der Waals surface area contributed by atoms with Crippen molar-refractivity contribution in [3.8, 4) is 5.75 Å². The van der Waals surface area contributed by atoms with Gasteiger partial charge in [-0.15, -0.1) is 0 Å². The Morgan fingerprint density at radius 3 is 2.16 bits per heavy atom. The lowest BCUT2D eigenvalue weighted by Crippen LogP contribution is -2.71. The van der Waals surface area contributed by atoms with E-state index in [9.17, 15) is 45.0 Å². The molecule has 1 aromatic rings. The van der Waals surface area contributed by atoms with Gasteiger partial charge in [0, 0.05) is 48.8 Å². The number of hydrogen-bond acceptors (Lipinski definition) is 14. The van der Waals surface area contributed by atoms with E-state index in [4.69, 9.17) is 23.7 Å². The highest BCUT2D eigenvalue weighted by Crippen LogP contribution is 2.54. The van der Waals surface area contributed by atoms with Gasteiger partial charge in [-0.25, -0.2) is 0 Å². The first-order chi connectivity index (χ1) is 24.0. The van der Waals surface area contributed by atoms with E-state index in [0.29, 0.717) is 12.8 Å². The summed E-state index contributed by atoms with van der Waals surface area (Å²) < 4.78 is 30.2. The van der Waals surface area contributed by atoms with Crippen LogP contribution in [0.4, 0.5) is 0 Å². The fraction of sp³-hybridized carbons (Fsp3) is 0.649. The van der Waals surface area contributed by atoms with Crippen LogP contribution in [0.3, 0.4) is 0 Å². The lowest BCUT2D eigenvalue weighted by Gasteiger charge is -2.55. The molecule has 0 amide bonds. The van der Waals surface area contributed by atoms with Crippen LogP contribution in [0, 0.1) is 0 Å². The SMILES string of the molecule is C[C@@H]1O[C@@H](O[C@@H]2C[C@H](c3ccc4c(c3O)C(=O)C3=C(C4=O)[C@@]4(O[C@H]5CC[C@H](O)[C@H](C)O5)C(=O)C[C@](C)(O)C[C@@]4(O)C=C3)O[C@H](C)[C@H]2O)CC[C@@H]1O. The smallest absolute Gasteiger partial charge is 0.198 e. The number of Topliss-reactive ketones (excluding diaryl/α,β-unsaturated/α-hetero) is 3. The molecule has 3 heterocycles. The van der Waals surface area contributed by atoms with Gasteiger partial charge in [-0.3, -0.25) is 14.4 Å². The normalized spacial score (nSPS) is 44.2. The first-order valence-electron chi connectivity index (χ1n) is 17.7. The highest BCUT2D eigenvalue weighted by molar-refractivity contribution is 6.32. The molecule has 0 aromatic heterocycles. The van der Waals surface area contributed by atoms with Gasteiger partial charge < -0.3 is 54.3 Å². The second kappa shape index (κ2) is 12.9. The van der Waals surface area contributed by atoms with Gasteiger partial charge in [0.05, 0.1) is 59.5 Å². The summed E-state index contributed by atoms with van der Waals surface area (Å²) in [5.41, 5.74) is -7.41. The van der Waals surface area contributed by atoms with E-state index < -0.39 is 120 Å². The summed E-state index contributed by atoms with van der Waals surface area (Å²) in [5, 5.41) is 66.0. The Bertz CT molecular complexity index is 1680. The summed E-state index contributed by atoms with van der Waals surface area (Å²) in [6.07, 6.45) is -5.05. The number of aliphatic hydroxyl groups excluding tert-OH is 3. The van der Waals surface area contributed by atoms with Crippen molar-refractivity contribution in [2.24, 2.45) is 0 Å². The first-order valence-corrected chi connectivity index (χ1v) is 17.7. The average molecular weight is 715 g/mol. The molecule has 0 unspecified atom stereocenters. The van der Waals surface area contributed by atoms with Crippen molar-refractivity contribution in [2.75, 3.05) is 0 Å². The van der Waals surface area contributed by atoms with Gasteiger partial charge in [-0.1, -0.05) is 12.1 Å². The largest absolute Gasteiger partial charge is 0.507 e. The van der Waals surface area contributed by atoms with Crippen LogP contribution < -0.4 is 0 Å². The monoisotopic (exact) mass is 714 g/mol. The van der Waals surface area contributed by atoms with E-state index in [1.807, 2.05) is 0 Å². The summed E-state index contributed by atoms with van der Waals surface area (Å²) in [4.78, 5) is 43.1. The van der Waals surface area contributed by atoms with Crippen LogP contribution in [0.25, 0.3) is 0 Å². The molecule has 6 N–H and O–H groups in total. The molecule has 13 atom stereocenters. The predicted octanol–water partition coefficient (Wildman–Crippen LogP) is 1.61. The van der Waals surface area contributed by atoms with Crippen molar-refractivity contribution in [2.45, 2.75) is 151 Å². The Hall–Kier alpha value is -2.89. The van der Waals surface area contributed by atoms with Crippen molar-refractivity contribution in [3.05, 3.63) is 52.1 Å². The van der Waals surface area contributed by atoms with Crippen molar-refractivity contribution in [1.29, 1.82) is 0 Å². The Morgan fingerprint density at radius 1 is 0.843 bits per heavy atom. The average Bonchev–Trinajstić information content (AvgIpc) is 3.05. The fourth-order valence-electron chi connectivity index (χ4n) is 8.60. The number of fused-ring (bicyclic) bond motifs is 3. The minimum absolute atomic E-state index is 0.0670. The molecule has 0 radical (unpaired) electrons. The predicted molar refractivity (Wildman–Crippen MR) is 175 cm³/mol. The molecule has 6 aliphatic rings. The third-order valence-electron chi connectivity index (χ3n) is 11.4. The first kappa shape index (κ1) is 36.5. The van der Waals surface area contributed by atoms with Crippen LogP contribution in [0.2, 0.25) is 0 Å². The zero-order chi connectivity index (χ0) is 36.8. The molecule has 7 rings (SSSR count). The maximum Gasteiger partial charge on any atom is 0.198 e. The molecule has 1 saturated carbocycles. The van der Waals surface area contributed by atoms with Crippen LogP contribution >= 0.6 is 0 Å². The van der Waals surface area contributed by atoms with Gasteiger partial charge in [-0.05, 0) is 52.7 Å². The van der Waals surface area contributed by atoms with Crippen LogP contribution in [0.5, 0.6) is 5.75 Å². The zero-order valence-electron chi connectivity index (χ0n) is 29.0. The highest BCUT2D eigenvalue weighted by Gasteiger charge is 2.69. The maximum atomic E-state index is 14.6. The van der Waals surface area contributed by atoms with Gasteiger partial charge >= 0.3 is 0 Å². The lowest BCUT2D eigenvalue weighted by molar-refractivity contribution is -0.282. The number of aromatic hydroxyl groups is 1. The second-order valence-electron chi connectivity index (χ2n) is 15.3. The number of ketones is 3. The number of allylic oxidation sites excluding steroid dienone is 2. The second-order valence-corrected chi connectivity index (χ2v) is 15.3. The summed E-state index contributed by atoms with van der Waals surface area (Å²) in [7, 11) is 0. The Balaban J connectivity index is 1.24. The molecule has 278 valence electrons.